The second kappa shape index (κ2) is 7.82. The largest absolute Gasteiger partial charge is 0.484 e. The van der Waals surface area contributed by atoms with Gasteiger partial charge in [-0.2, -0.15) is 0 Å². The van der Waals surface area contributed by atoms with Crippen LogP contribution in [-0.2, 0) is 9.59 Å². The lowest BCUT2D eigenvalue weighted by Gasteiger charge is -2.16. The molecule has 0 spiro atoms. The van der Waals surface area contributed by atoms with Crippen LogP contribution in [0.4, 0.5) is 11.4 Å². The number of ketones is 1. The minimum absolute atomic E-state index is 0.0612. The van der Waals surface area contributed by atoms with E-state index in [1.54, 1.807) is 41.3 Å². The molecule has 0 saturated carbocycles. The fourth-order valence-corrected chi connectivity index (χ4v) is 2.81. The van der Waals surface area contributed by atoms with Crippen molar-refractivity contribution in [2.24, 2.45) is 0 Å². The minimum atomic E-state index is -0.315. The van der Waals surface area contributed by atoms with Gasteiger partial charge in [-0.3, -0.25) is 14.4 Å². The van der Waals surface area contributed by atoms with E-state index in [1.807, 2.05) is 12.1 Å². The zero-order valence-electron chi connectivity index (χ0n) is 14.5. The Hall–Kier alpha value is -3.15. The Labute approximate surface area is 151 Å². The first-order chi connectivity index (χ1) is 12.5. The minimum Gasteiger partial charge on any atom is -0.484 e. The number of nitrogens with zero attached hydrogens (tertiary/aromatic N) is 1. The first-order valence-corrected chi connectivity index (χ1v) is 8.47. The molecule has 0 bridgehead atoms. The molecular formula is C20H20N2O4. The number of hydrogen-bond donors (Lipinski definition) is 1. The van der Waals surface area contributed by atoms with Crippen LogP contribution in [0.1, 0.15) is 30.1 Å². The first-order valence-electron chi connectivity index (χ1n) is 8.47. The highest BCUT2D eigenvalue weighted by atomic mass is 16.5. The van der Waals surface area contributed by atoms with Crippen LogP contribution in [0.25, 0.3) is 0 Å². The topological polar surface area (TPSA) is 75.7 Å². The van der Waals surface area contributed by atoms with E-state index in [9.17, 15) is 14.4 Å². The average Bonchev–Trinajstić information content (AvgIpc) is 3.06. The van der Waals surface area contributed by atoms with E-state index in [1.165, 1.54) is 6.92 Å². The number of hydrogen-bond acceptors (Lipinski definition) is 4. The molecule has 2 aromatic carbocycles. The van der Waals surface area contributed by atoms with Crippen LogP contribution >= 0.6 is 0 Å². The summed E-state index contributed by atoms with van der Waals surface area (Å²) in [5.74, 6) is 0.303. The molecule has 0 aromatic heterocycles. The summed E-state index contributed by atoms with van der Waals surface area (Å²) < 4.78 is 5.48. The summed E-state index contributed by atoms with van der Waals surface area (Å²) in [6.45, 7) is 2.07. The molecule has 1 aliphatic rings. The number of amides is 2. The normalized spacial score (nSPS) is 13.6. The molecule has 1 heterocycles. The summed E-state index contributed by atoms with van der Waals surface area (Å²) in [5.41, 5.74) is 1.93. The number of carbonyl (C=O) groups excluding carboxylic acids is 3. The lowest BCUT2D eigenvalue weighted by molar-refractivity contribution is -0.118. The van der Waals surface area contributed by atoms with Crippen molar-refractivity contribution in [3.05, 3.63) is 54.1 Å². The van der Waals surface area contributed by atoms with E-state index in [0.29, 0.717) is 23.4 Å². The second-order valence-electron chi connectivity index (χ2n) is 6.12. The predicted molar refractivity (Wildman–Crippen MR) is 98.6 cm³/mol. The Morgan fingerprint density at radius 3 is 2.58 bits per heavy atom. The van der Waals surface area contributed by atoms with Gasteiger partial charge in [0.05, 0.1) is 0 Å². The molecular weight excluding hydrogens is 332 g/mol. The summed E-state index contributed by atoms with van der Waals surface area (Å²) in [5, 5.41) is 2.70. The maximum Gasteiger partial charge on any atom is 0.262 e. The number of Topliss-reactive ketones (excluding diaryl/α,β-unsaturated/α-hetero) is 1. The number of benzene rings is 2. The maximum absolute atomic E-state index is 12.0. The third kappa shape index (κ3) is 4.27. The van der Waals surface area contributed by atoms with Crippen molar-refractivity contribution < 1.29 is 19.1 Å². The van der Waals surface area contributed by atoms with Crippen molar-refractivity contribution in [3.8, 4) is 5.75 Å². The van der Waals surface area contributed by atoms with Crippen LogP contribution in [0.2, 0.25) is 0 Å². The van der Waals surface area contributed by atoms with Crippen LogP contribution in [0.3, 0.4) is 0 Å². The molecule has 1 N–H and O–H groups in total. The Morgan fingerprint density at radius 2 is 1.92 bits per heavy atom. The third-order valence-electron chi connectivity index (χ3n) is 4.14. The molecule has 1 saturated heterocycles. The summed E-state index contributed by atoms with van der Waals surface area (Å²) in [7, 11) is 0. The summed E-state index contributed by atoms with van der Waals surface area (Å²) in [6.07, 6.45) is 1.46. The molecule has 3 rings (SSSR count). The number of carbonyl (C=O) groups is 3. The molecule has 6 nitrogen and oxygen atoms in total. The van der Waals surface area contributed by atoms with Crippen molar-refractivity contribution in [2.45, 2.75) is 19.8 Å². The van der Waals surface area contributed by atoms with E-state index < -0.39 is 0 Å². The summed E-state index contributed by atoms with van der Waals surface area (Å²) in [4.78, 5) is 36.9. The van der Waals surface area contributed by atoms with Crippen molar-refractivity contribution in [2.75, 3.05) is 23.4 Å². The standard InChI is InChI=1S/C20H20N2O4/c1-14(23)15-4-2-5-16(12-15)21-19(24)13-26-18-9-7-17(8-10-18)22-11-3-6-20(22)25/h2,4-5,7-10,12H,3,6,11,13H2,1H3,(H,21,24). The lowest BCUT2D eigenvalue weighted by Crippen LogP contribution is -2.23. The number of rotatable bonds is 6. The average molecular weight is 352 g/mol. The third-order valence-corrected chi connectivity index (χ3v) is 4.14. The van der Waals surface area contributed by atoms with Gasteiger partial charge >= 0.3 is 0 Å². The van der Waals surface area contributed by atoms with Crippen LogP contribution in [0.5, 0.6) is 5.75 Å². The molecule has 1 fully saturated rings. The van der Waals surface area contributed by atoms with E-state index in [-0.39, 0.29) is 24.2 Å². The van der Waals surface area contributed by atoms with Gasteiger partial charge in [-0.05, 0) is 49.7 Å². The van der Waals surface area contributed by atoms with Gasteiger partial charge < -0.3 is 15.0 Å². The van der Waals surface area contributed by atoms with E-state index >= 15 is 0 Å². The van der Waals surface area contributed by atoms with Gasteiger partial charge in [-0.1, -0.05) is 12.1 Å². The van der Waals surface area contributed by atoms with Crippen LogP contribution in [-0.4, -0.2) is 30.7 Å². The van der Waals surface area contributed by atoms with E-state index in [0.717, 1.165) is 18.7 Å². The Kier molecular flexibility index (Phi) is 5.31. The maximum atomic E-state index is 12.0. The quantitative estimate of drug-likeness (QED) is 0.811. The number of anilines is 2. The number of nitrogens with one attached hydrogen (secondary N) is 1. The smallest absolute Gasteiger partial charge is 0.262 e. The molecule has 0 radical (unpaired) electrons. The molecule has 0 aliphatic carbocycles. The Morgan fingerprint density at radius 1 is 1.15 bits per heavy atom. The highest BCUT2D eigenvalue weighted by Gasteiger charge is 2.21. The lowest BCUT2D eigenvalue weighted by atomic mass is 10.1. The highest BCUT2D eigenvalue weighted by molar-refractivity contribution is 5.97. The molecule has 2 amide bonds. The Balaban J connectivity index is 1.53. The number of ether oxygens (including phenoxy) is 1. The molecule has 1 aliphatic heterocycles. The van der Waals surface area contributed by atoms with Crippen molar-refractivity contribution in [1.82, 2.24) is 0 Å². The fourth-order valence-electron chi connectivity index (χ4n) is 2.81. The van der Waals surface area contributed by atoms with Gasteiger partial charge in [0, 0.05) is 29.9 Å². The van der Waals surface area contributed by atoms with Gasteiger partial charge in [-0.15, -0.1) is 0 Å². The van der Waals surface area contributed by atoms with Gasteiger partial charge in [0.15, 0.2) is 12.4 Å². The van der Waals surface area contributed by atoms with Crippen molar-refractivity contribution in [1.29, 1.82) is 0 Å². The molecule has 26 heavy (non-hydrogen) atoms. The predicted octanol–water partition coefficient (Wildman–Crippen LogP) is 3.03. The van der Waals surface area contributed by atoms with Crippen molar-refractivity contribution in [3.63, 3.8) is 0 Å². The zero-order chi connectivity index (χ0) is 18.5. The van der Waals surface area contributed by atoms with Gasteiger partial charge in [0.2, 0.25) is 5.91 Å². The summed E-state index contributed by atoms with van der Waals surface area (Å²) >= 11 is 0. The van der Waals surface area contributed by atoms with E-state index in [2.05, 4.69) is 5.32 Å². The Bertz CT molecular complexity index is 830. The molecule has 0 unspecified atom stereocenters. The van der Waals surface area contributed by atoms with Gasteiger partial charge in [0.1, 0.15) is 5.75 Å². The van der Waals surface area contributed by atoms with Crippen LogP contribution in [0.15, 0.2) is 48.5 Å². The van der Waals surface area contributed by atoms with Crippen LogP contribution in [0, 0.1) is 0 Å². The van der Waals surface area contributed by atoms with Crippen molar-refractivity contribution >= 4 is 29.0 Å². The second-order valence-corrected chi connectivity index (χ2v) is 6.12. The van der Waals surface area contributed by atoms with Crippen LogP contribution < -0.4 is 15.0 Å². The molecule has 2 aromatic rings. The zero-order valence-corrected chi connectivity index (χ0v) is 14.5. The fraction of sp³-hybridized carbons (Fsp3) is 0.250. The molecule has 0 atom stereocenters. The van der Waals surface area contributed by atoms with Gasteiger partial charge in [0.25, 0.3) is 5.91 Å². The first kappa shape index (κ1) is 17.7. The monoisotopic (exact) mass is 352 g/mol. The molecule has 6 heteroatoms. The SMILES string of the molecule is CC(=O)c1cccc(NC(=O)COc2ccc(N3CCCC3=O)cc2)c1. The highest BCUT2D eigenvalue weighted by Crippen LogP contribution is 2.23. The van der Waals surface area contributed by atoms with Gasteiger partial charge in [-0.25, -0.2) is 0 Å². The summed E-state index contributed by atoms with van der Waals surface area (Å²) in [6, 6.07) is 13.9. The van der Waals surface area contributed by atoms with E-state index in [4.69, 9.17) is 4.74 Å². The molecule has 134 valence electrons.